The summed E-state index contributed by atoms with van der Waals surface area (Å²) in [5.74, 6) is 0.229. The first-order valence-electron chi connectivity index (χ1n) is 5.51. The Balaban J connectivity index is 2.54. The van der Waals surface area contributed by atoms with E-state index in [-0.39, 0.29) is 11.7 Å². The first-order chi connectivity index (χ1) is 7.59. The summed E-state index contributed by atoms with van der Waals surface area (Å²) in [6.07, 6.45) is 3.54. The van der Waals surface area contributed by atoms with Gasteiger partial charge >= 0.3 is 0 Å². The van der Waals surface area contributed by atoms with Crippen molar-refractivity contribution in [2.24, 2.45) is 5.92 Å². The molecule has 0 amide bonds. The van der Waals surface area contributed by atoms with Crippen LogP contribution in [0, 0.1) is 5.92 Å². The van der Waals surface area contributed by atoms with Crippen molar-refractivity contribution in [2.45, 2.75) is 6.92 Å². The van der Waals surface area contributed by atoms with Crippen LogP contribution in [0.2, 0.25) is 0 Å². The summed E-state index contributed by atoms with van der Waals surface area (Å²) in [7, 11) is 3.95. The lowest BCUT2D eigenvalue weighted by atomic mass is 10.0. The van der Waals surface area contributed by atoms with Crippen LogP contribution in [-0.2, 0) is 4.79 Å². The van der Waals surface area contributed by atoms with Crippen LogP contribution < -0.4 is 0 Å². The molecule has 0 fully saturated rings. The normalized spacial score (nSPS) is 13.2. The first kappa shape index (κ1) is 12.7. The van der Waals surface area contributed by atoms with Crippen molar-refractivity contribution in [2.75, 3.05) is 20.6 Å². The van der Waals surface area contributed by atoms with Crippen molar-refractivity contribution >= 4 is 11.9 Å². The minimum atomic E-state index is 0.0509. The van der Waals surface area contributed by atoms with Crippen molar-refractivity contribution in [1.82, 2.24) is 4.90 Å². The van der Waals surface area contributed by atoms with E-state index in [1.807, 2.05) is 62.3 Å². The topological polar surface area (TPSA) is 20.3 Å². The van der Waals surface area contributed by atoms with E-state index in [4.69, 9.17) is 0 Å². The Morgan fingerprint density at radius 1 is 1.31 bits per heavy atom. The molecule has 16 heavy (non-hydrogen) atoms. The second-order valence-electron chi connectivity index (χ2n) is 4.31. The van der Waals surface area contributed by atoms with E-state index in [1.165, 1.54) is 0 Å². The molecule has 1 unspecified atom stereocenters. The van der Waals surface area contributed by atoms with E-state index in [0.29, 0.717) is 0 Å². The molecule has 2 nitrogen and oxygen atoms in total. The zero-order valence-electron chi connectivity index (χ0n) is 10.2. The average molecular weight is 217 g/mol. The monoisotopic (exact) mass is 217 g/mol. The fraction of sp³-hybridized carbons (Fsp3) is 0.357. The quantitative estimate of drug-likeness (QED) is 0.706. The van der Waals surface area contributed by atoms with Gasteiger partial charge in [0.2, 0.25) is 0 Å². The summed E-state index contributed by atoms with van der Waals surface area (Å²) in [5.41, 5.74) is 1.06. The van der Waals surface area contributed by atoms with Gasteiger partial charge in [-0.1, -0.05) is 43.3 Å². The summed E-state index contributed by atoms with van der Waals surface area (Å²) in [6.45, 7) is 2.75. The van der Waals surface area contributed by atoms with Gasteiger partial charge < -0.3 is 4.90 Å². The minimum absolute atomic E-state index is 0.0509. The van der Waals surface area contributed by atoms with Gasteiger partial charge in [-0.05, 0) is 25.7 Å². The van der Waals surface area contributed by atoms with Crippen molar-refractivity contribution < 1.29 is 4.79 Å². The molecule has 86 valence electrons. The van der Waals surface area contributed by atoms with Crippen molar-refractivity contribution in [3.8, 4) is 0 Å². The smallest absolute Gasteiger partial charge is 0.159 e. The molecule has 0 aromatic heterocycles. The average Bonchev–Trinajstić information content (AvgIpc) is 2.26. The van der Waals surface area contributed by atoms with Gasteiger partial charge in [0.05, 0.1) is 0 Å². The third-order valence-corrected chi connectivity index (χ3v) is 2.36. The van der Waals surface area contributed by atoms with Crippen LogP contribution in [-0.4, -0.2) is 31.3 Å². The number of carbonyl (C=O) groups excluding carboxylic acids is 1. The fourth-order valence-corrected chi connectivity index (χ4v) is 1.54. The first-order valence-corrected chi connectivity index (χ1v) is 5.51. The SMILES string of the molecule is CC(CN(C)C)C(=O)/C=C/c1ccccc1. The van der Waals surface area contributed by atoms with Crippen LogP contribution in [0.5, 0.6) is 0 Å². The van der Waals surface area contributed by atoms with Crippen LogP contribution in [0.15, 0.2) is 36.4 Å². The molecular formula is C14H19NO. The molecule has 0 aliphatic heterocycles. The standard InChI is InChI=1S/C14H19NO/c1-12(11-15(2)3)14(16)10-9-13-7-5-4-6-8-13/h4-10,12H,11H2,1-3H3/b10-9+. The lowest BCUT2D eigenvalue weighted by molar-refractivity contribution is -0.118. The lowest BCUT2D eigenvalue weighted by Crippen LogP contribution is -2.24. The third kappa shape index (κ3) is 4.41. The number of benzene rings is 1. The van der Waals surface area contributed by atoms with Crippen LogP contribution in [0.3, 0.4) is 0 Å². The van der Waals surface area contributed by atoms with Gasteiger partial charge in [0.25, 0.3) is 0 Å². The number of carbonyl (C=O) groups is 1. The van der Waals surface area contributed by atoms with Crippen molar-refractivity contribution in [3.63, 3.8) is 0 Å². The molecule has 0 aliphatic rings. The molecule has 0 heterocycles. The zero-order chi connectivity index (χ0) is 12.0. The third-order valence-electron chi connectivity index (χ3n) is 2.36. The summed E-state index contributed by atoms with van der Waals surface area (Å²) in [5, 5.41) is 0. The van der Waals surface area contributed by atoms with Gasteiger partial charge in [-0.2, -0.15) is 0 Å². The van der Waals surface area contributed by atoms with E-state index in [9.17, 15) is 4.79 Å². The van der Waals surface area contributed by atoms with Crippen LogP contribution in [0.25, 0.3) is 6.08 Å². The van der Waals surface area contributed by atoms with E-state index in [1.54, 1.807) is 6.08 Å². The molecule has 1 aromatic rings. The number of ketones is 1. The zero-order valence-corrected chi connectivity index (χ0v) is 10.2. The number of hydrogen-bond acceptors (Lipinski definition) is 2. The van der Waals surface area contributed by atoms with Gasteiger partial charge in [-0.25, -0.2) is 0 Å². The van der Waals surface area contributed by atoms with Gasteiger partial charge in [0.15, 0.2) is 5.78 Å². The molecule has 0 N–H and O–H groups in total. The van der Waals surface area contributed by atoms with E-state index < -0.39 is 0 Å². The minimum Gasteiger partial charge on any atom is -0.309 e. The molecule has 0 aliphatic carbocycles. The molecule has 0 spiro atoms. The Labute approximate surface area is 97.6 Å². The Morgan fingerprint density at radius 2 is 1.94 bits per heavy atom. The van der Waals surface area contributed by atoms with E-state index in [2.05, 4.69) is 0 Å². The molecule has 0 saturated heterocycles. The largest absolute Gasteiger partial charge is 0.309 e. The predicted octanol–water partition coefficient (Wildman–Crippen LogP) is 2.47. The maximum Gasteiger partial charge on any atom is 0.159 e. The molecule has 2 heteroatoms. The molecular weight excluding hydrogens is 198 g/mol. The van der Waals surface area contributed by atoms with Crippen LogP contribution in [0.1, 0.15) is 12.5 Å². The molecule has 1 rings (SSSR count). The number of allylic oxidation sites excluding steroid dienone is 1. The number of nitrogens with zero attached hydrogens (tertiary/aromatic N) is 1. The Kier molecular flexibility index (Phi) is 4.93. The summed E-state index contributed by atoms with van der Waals surface area (Å²) < 4.78 is 0. The summed E-state index contributed by atoms with van der Waals surface area (Å²) in [4.78, 5) is 13.8. The van der Waals surface area contributed by atoms with Crippen molar-refractivity contribution in [1.29, 1.82) is 0 Å². The highest BCUT2D eigenvalue weighted by atomic mass is 16.1. The highest BCUT2D eigenvalue weighted by Crippen LogP contribution is 2.04. The molecule has 0 saturated carbocycles. The Hall–Kier alpha value is -1.41. The maximum atomic E-state index is 11.7. The number of hydrogen-bond donors (Lipinski definition) is 0. The summed E-state index contributed by atoms with van der Waals surface area (Å²) in [6, 6.07) is 9.87. The van der Waals surface area contributed by atoms with E-state index in [0.717, 1.165) is 12.1 Å². The predicted molar refractivity (Wildman–Crippen MR) is 68.2 cm³/mol. The Bertz CT molecular complexity index is 354. The molecule has 0 radical (unpaired) electrons. The van der Waals surface area contributed by atoms with Gasteiger partial charge in [-0.3, -0.25) is 4.79 Å². The number of rotatable bonds is 5. The lowest BCUT2D eigenvalue weighted by Gasteiger charge is -2.13. The van der Waals surface area contributed by atoms with Crippen LogP contribution >= 0.6 is 0 Å². The highest BCUT2D eigenvalue weighted by Gasteiger charge is 2.10. The van der Waals surface area contributed by atoms with Crippen LogP contribution in [0.4, 0.5) is 0 Å². The second-order valence-corrected chi connectivity index (χ2v) is 4.31. The highest BCUT2D eigenvalue weighted by molar-refractivity contribution is 5.95. The maximum absolute atomic E-state index is 11.7. The van der Waals surface area contributed by atoms with Gasteiger partial charge in [-0.15, -0.1) is 0 Å². The van der Waals surface area contributed by atoms with E-state index >= 15 is 0 Å². The molecule has 1 atom stereocenters. The Morgan fingerprint density at radius 3 is 2.50 bits per heavy atom. The summed E-state index contributed by atoms with van der Waals surface area (Å²) >= 11 is 0. The van der Waals surface area contributed by atoms with Gasteiger partial charge in [0.1, 0.15) is 0 Å². The second kappa shape index (κ2) is 6.23. The fourth-order valence-electron chi connectivity index (χ4n) is 1.54. The molecule has 1 aromatic carbocycles. The van der Waals surface area contributed by atoms with Crippen molar-refractivity contribution in [3.05, 3.63) is 42.0 Å². The van der Waals surface area contributed by atoms with Gasteiger partial charge in [0, 0.05) is 12.5 Å². The molecule has 0 bridgehead atoms.